The van der Waals surface area contributed by atoms with Gasteiger partial charge in [-0.2, -0.15) is 0 Å². The number of hydrogen-bond donors (Lipinski definition) is 1. The number of urea groups is 1. The van der Waals surface area contributed by atoms with Crippen LogP contribution in [0.4, 0.5) is 10.5 Å². The third-order valence-corrected chi connectivity index (χ3v) is 1.79. The number of rotatable bonds is 2. The fourth-order valence-corrected chi connectivity index (χ4v) is 0.933. The summed E-state index contributed by atoms with van der Waals surface area (Å²) < 4.78 is 4.97. The van der Waals surface area contributed by atoms with Crippen molar-refractivity contribution in [3.05, 3.63) is 24.3 Å². The normalized spacial score (nSPS) is 9.38. The van der Waals surface area contributed by atoms with Crippen molar-refractivity contribution >= 4 is 11.7 Å². The molecule has 1 rings (SSSR count). The number of carbonyl (C=O) groups excluding carboxylic acids is 1. The Morgan fingerprint density at radius 3 is 2.31 bits per heavy atom. The molecule has 0 radical (unpaired) electrons. The predicted molar refractivity (Wildman–Crippen MR) is 51.0 cm³/mol. The summed E-state index contributed by atoms with van der Waals surface area (Å²) in [5.41, 5.74) is 5.84. The highest BCUT2D eigenvalue weighted by Crippen LogP contribution is 2.17. The van der Waals surface area contributed by atoms with Gasteiger partial charge in [-0.15, -0.1) is 0 Å². The van der Waals surface area contributed by atoms with Crippen molar-refractivity contribution in [1.29, 1.82) is 0 Å². The van der Waals surface area contributed by atoms with Gasteiger partial charge in [-0.3, -0.25) is 4.90 Å². The highest BCUT2D eigenvalue weighted by molar-refractivity contribution is 5.89. The molecule has 0 saturated carbocycles. The van der Waals surface area contributed by atoms with E-state index in [2.05, 4.69) is 0 Å². The van der Waals surface area contributed by atoms with E-state index in [1.54, 1.807) is 38.4 Å². The van der Waals surface area contributed by atoms with Gasteiger partial charge in [-0.05, 0) is 24.3 Å². The van der Waals surface area contributed by atoms with Gasteiger partial charge in [0.05, 0.1) is 7.11 Å². The molecule has 4 heteroatoms. The Balaban J connectivity index is 2.85. The van der Waals surface area contributed by atoms with Gasteiger partial charge in [0.25, 0.3) is 0 Å². The molecule has 0 fully saturated rings. The van der Waals surface area contributed by atoms with Crippen LogP contribution in [-0.2, 0) is 0 Å². The number of hydrogen-bond acceptors (Lipinski definition) is 2. The number of primary amides is 1. The van der Waals surface area contributed by atoms with E-state index in [1.165, 1.54) is 4.90 Å². The zero-order valence-electron chi connectivity index (χ0n) is 7.65. The molecule has 0 aliphatic heterocycles. The minimum Gasteiger partial charge on any atom is -0.497 e. The Morgan fingerprint density at radius 2 is 1.92 bits per heavy atom. The fourth-order valence-electron chi connectivity index (χ4n) is 0.933. The summed E-state index contributed by atoms with van der Waals surface area (Å²) >= 11 is 0. The molecule has 1 aromatic carbocycles. The summed E-state index contributed by atoms with van der Waals surface area (Å²) in [6.07, 6.45) is 0. The molecular formula is C9H12N2O2. The number of carbonyl (C=O) groups is 1. The van der Waals surface area contributed by atoms with Gasteiger partial charge in [0, 0.05) is 12.7 Å². The minimum absolute atomic E-state index is 0.481. The molecule has 70 valence electrons. The molecule has 1 aromatic rings. The van der Waals surface area contributed by atoms with Crippen molar-refractivity contribution < 1.29 is 9.53 Å². The molecule has 2 N–H and O–H groups in total. The van der Waals surface area contributed by atoms with Gasteiger partial charge in [0.1, 0.15) is 5.75 Å². The minimum atomic E-state index is -0.481. The summed E-state index contributed by atoms with van der Waals surface area (Å²) in [6, 6.07) is 6.60. The fraction of sp³-hybridized carbons (Fsp3) is 0.222. The number of benzene rings is 1. The highest BCUT2D eigenvalue weighted by Gasteiger charge is 2.04. The number of methoxy groups -OCH3 is 1. The number of nitrogens with zero attached hydrogens (tertiary/aromatic N) is 1. The van der Waals surface area contributed by atoms with E-state index < -0.39 is 6.03 Å². The second-order valence-corrected chi connectivity index (χ2v) is 2.60. The molecule has 0 aliphatic carbocycles. The third-order valence-electron chi connectivity index (χ3n) is 1.79. The molecule has 0 saturated heterocycles. The molecule has 0 aliphatic rings. The number of nitrogens with two attached hydrogens (primary N) is 1. The molecule has 4 nitrogen and oxygen atoms in total. The van der Waals surface area contributed by atoms with Crippen LogP contribution in [0.25, 0.3) is 0 Å². The Labute approximate surface area is 76.9 Å². The smallest absolute Gasteiger partial charge is 0.318 e. The molecule has 2 amide bonds. The zero-order chi connectivity index (χ0) is 9.84. The maximum Gasteiger partial charge on any atom is 0.318 e. The number of anilines is 1. The Hall–Kier alpha value is -1.71. The average molecular weight is 180 g/mol. The predicted octanol–water partition coefficient (Wildman–Crippen LogP) is 1.21. The average Bonchev–Trinajstić information content (AvgIpc) is 2.17. The maximum atomic E-state index is 10.8. The molecule has 13 heavy (non-hydrogen) atoms. The number of amides is 2. The van der Waals surface area contributed by atoms with E-state index in [0.717, 1.165) is 11.4 Å². The van der Waals surface area contributed by atoms with Crippen molar-refractivity contribution in [2.75, 3.05) is 19.1 Å². The van der Waals surface area contributed by atoms with Gasteiger partial charge < -0.3 is 10.5 Å². The van der Waals surface area contributed by atoms with Crippen molar-refractivity contribution in [3.8, 4) is 5.75 Å². The lowest BCUT2D eigenvalue weighted by molar-refractivity contribution is 0.255. The van der Waals surface area contributed by atoms with Gasteiger partial charge in [0.15, 0.2) is 0 Å². The molecule has 0 bridgehead atoms. The summed E-state index contributed by atoms with van der Waals surface area (Å²) in [6.45, 7) is 0. The standard InChI is InChI=1S/C9H12N2O2/c1-11(9(10)12)7-3-5-8(13-2)6-4-7/h3-6H,1-2H3,(H2,10,12). The first-order valence-electron chi connectivity index (χ1n) is 3.82. The van der Waals surface area contributed by atoms with E-state index in [-0.39, 0.29) is 0 Å². The van der Waals surface area contributed by atoms with Crippen LogP contribution in [0, 0.1) is 0 Å². The second kappa shape index (κ2) is 3.80. The largest absolute Gasteiger partial charge is 0.497 e. The lowest BCUT2D eigenvalue weighted by atomic mass is 10.3. The zero-order valence-corrected chi connectivity index (χ0v) is 7.65. The summed E-state index contributed by atoms with van der Waals surface area (Å²) in [5, 5.41) is 0. The molecule has 0 atom stereocenters. The van der Waals surface area contributed by atoms with Crippen LogP contribution >= 0.6 is 0 Å². The van der Waals surface area contributed by atoms with Crippen LogP contribution in [0.15, 0.2) is 24.3 Å². The van der Waals surface area contributed by atoms with Crippen molar-refractivity contribution in [3.63, 3.8) is 0 Å². The number of ether oxygens (including phenoxy) is 1. The van der Waals surface area contributed by atoms with Crippen LogP contribution in [0.1, 0.15) is 0 Å². The van der Waals surface area contributed by atoms with Crippen molar-refractivity contribution in [2.45, 2.75) is 0 Å². The molecule has 0 spiro atoms. The first-order chi connectivity index (χ1) is 6.15. The monoisotopic (exact) mass is 180 g/mol. The van der Waals surface area contributed by atoms with E-state index in [0.29, 0.717) is 0 Å². The molecular weight excluding hydrogens is 168 g/mol. The Morgan fingerprint density at radius 1 is 1.38 bits per heavy atom. The Bertz CT molecular complexity index is 295. The van der Waals surface area contributed by atoms with Crippen LogP contribution in [-0.4, -0.2) is 20.2 Å². The van der Waals surface area contributed by atoms with E-state index in [1.807, 2.05) is 0 Å². The molecule has 0 aromatic heterocycles. The van der Waals surface area contributed by atoms with E-state index >= 15 is 0 Å². The van der Waals surface area contributed by atoms with Crippen molar-refractivity contribution in [1.82, 2.24) is 0 Å². The second-order valence-electron chi connectivity index (χ2n) is 2.60. The summed E-state index contributed by atoms with van der Waals surface area (Å²) in [4.78, 5) is 12.1. The first kappa shape index (κ1) is 9.38. The van der Waals surface area contributed by atoms with E-state index in [9.17, 15) is 4.79 Å². The maximum absolute atomic E-state index is 10.8. The van der Waals surface area contributed by atoms with Crippen LogP contribution in [0.5, 0.6) is 5.75 Å². The van der Waals surface area contributed by atoms with Gasteiger partial charge in [0.2, 0.25) is 0 Å². The lowest BCUT2D eigenvalue weighted by Crippen LogP contribution is -2.31. The third kappa shape index (κ3) is 2.11. The van der Waals surface area contributed by atoms with Crippen LogP contribution in [0.2, 0.25) is 0 Å². The van der Waals surface area contributed by atoms with Crippen molar-refractivity contribution in [2.24, 2.45) is 5.73 Å². The molecule has 0 unspecified atom stereocenters. The summed E-state index contributed by atoms with van der Waals surface area (Å²) in [7, 11) is 3.21. The van der Waals surface area contributed by atoms with Crippen LogP contribution < -0.4 is 15.4 Å². The van der Waals surface area contributed by atoms with Gasteiger partial charge in [-0.1, -0.05) is 0 Å². The molecule has 0 heterocycles. The topological polar surface area (TPSA) is 55.6 Å². The SMILES string of the molecule is COc1ccc(N(C)C(N)=O)cc1. The quantitative estimate of drug-likeness (QED) is 0.743. The lowest BCUT2D eigenvalue weighted by Gasteiger charge is -2.14. The highest BCUT2D eigenvalue weighted by atomic mass is 16.5. The van der Waals surface area contributed by atoms with Gasteiger partial charge in [-0.25, -0.2) is 4.79 Å². The van der Waals surface area contributed by atoms with E-state index in [4.69, 9.17) is 10.5 Å². The summed E-state index contributed by atoms with van der Waals surface area (Å²) in [5.74, 6) is 0.752. The Kier molecular flexibility index (Phi) is 2.74. The first-order valence-corrected chi connectivity index (χ1v) is 3.82. The van der Waals surface area contributed by atoms with Gasteiger partial charge >= 0.3 is 6.03 Å². The van der Waals surface area contributed by atoms with Crippen LogP contribution in [0.3, 0.4) is 0 Å².